The predicted molar refractivity (Wildman–Crippen MR) is 72.9 cm³/mol. The van der Waals surface area contributed by atoms with Crippen LogP contribution in [0, 0.1) is 0 Å². The second-order valence-corrected chi connectivity index (χ2v) is 5.43. The number of hydrogen-bond donors (Lipinski definition) is 1. The van der Waals surface area contributed by atoms with Crippen LogP contribution in [0.15, 0.2) is 18.2 Å². The predicted octanol–water partition coefficient (Wildman–Crippen LogP) is 3.43. The number of halogens is 2. The van der Waals surface area contributed by atoms with E-state index in [1.807, 2.05) is 26.2 Å². The summed E-state index contributed by atoms with van der Waals surface area (Å²) in [7, 11) is 3.98. The van der Waals surface area contributed by atoms with Crippen LogP contribution in [0.4, 0.5) is 5.69 Å². The van der Waals surface area contributed by atoms with Gasteiger partial charge in [-0.2, -0.15) is 0 Å². The highest BCUT2D eigenvalue weighted by Gasteiger charge is 2.18. The largest absolute Gasteiger partial charge is 0.372 e. The lowest BCUT2D eigenvalue weighted by Gasteiger charge is -2.31. The van der Waals surface area contributed by atoms with Gasteiger partial charge in [-0.25, -0.2) is 0 Å². The minimum Gasteiger partial charge on any atom is -0.372 e. The number of hydrogen-bond acceptors (Lipinski definition) is 2. The molecule has 0 fully saturated rings. The van der Waals surface area contributed by atoms with Crippen LogP contribution in [0.2, 0.25) is 10.0 Å². The molecule has 1 N–H and O–H groups in total. The van der Waals surface area contributed by atoms with Crippen LogP contribution in [0.3, 0.4) is 0 Å². The van der Waals surface area contributed by atoms with E-state index in [9.17, 15) is 0 Å². The molecule has 90 valence electrons. The quantitative estimate of drug-likeness (QED) is 0.893. The van der Waals surface area contributed by atoms with Gasteiger partial charge in [0.2, 0.25) is 0 Å². The van der Waals surface area contributed by atoms with Gasteiger partial charge in [-0.05, 0) is 39.1 Å². The lowest BCUT2D eigenvalue weighted by Crippen LogP contribution is -2.46. The summed E-state index contributed by atoms with van der Waals surface area (Å²) in [5.74, 6) is 0. The van der Waals surface area contributed by atoms with Crippen molar-refractivity contribution in [2.45, 2.75) is 19.4 Å². The van der Waals surface area contributed by atoms with Gasteiger partial charge in [0.15, 0.2) is 0 Å². The fourth-order valence-corrected chi connectivity index (χ4v) is 2.10. The Morgan fingerprint density at radius 1 is 1.31 bits per heavy atom. The SMILES string of the molecule is CNC(C)(C)CN(C)c1ccc(Cl)cc1Cl. The zero-order valence-corrected chi connectivity index (χ0v) is 11.7. The van der Waals surface area contributed by atoms with Gasteiger partial charge in [-0.3, -0.25) is 0 Å². The van der Waals surface area contributed by atoms with E-state index in [-0.39, 0.29) is 5.54 Å². The van der Waals surface area contributed by atoms with Crippen molar-refractivity contribution >= 4 is 28.9 Å². The molecule has 0 aliphatic rings. The Balaban J connectivity index is 2.84. The maximum atomic E-state index is 6.15. The first-order valence-electron chi connectivity index (χ1n) is 5.21. The molecule has 0 saturated carbocycles. The van der Waals surface area contributed by atoms with Gasteiger partial charge >= 0.3 is 0 Å². The minimum atomic E-state index is 0.0394. The Labute approximate surface area is 108 Å². The molecule has 0 saturated heterocycles. The molecule has 0 aliphatic carbocycles. The first kappa shape index (κ1) is 13.6. The topological polar surface area (TPSA) is 15.3 Å². The average molecular weight is 261 g/mol. The summed E-state index contributed by atoms with van der Waals surface area (Å²) in [5.41, 5.74) is 1.03. The van der Waals surface area contributed by atoms with Crippen molar-refractivity contribution in [1.29, 1.82) is 0 Å². The van der Waals surface area contributed by atoms with Crippen LogP contribution in [0.5, 0.6) is 0 Å². The maximum Gasteiger partial charge on any atom is 0.0654 e. The van der Waals surface area contributed by atoms with Crippen molar-refractivity contribution < 1.29 is 0 Å². The van der Waals surface area contributed by atoms with Crippen LogP contribution in [0.25, 0.3) is 0 Å². The van der Waals surface area contributed by atoms with Crippen molar-refractivity contribution in [2.75, 3.05) is 25.5 Å². The minimum absolute atomic E-state index is 0.0394. The molecule has 1 aromatic rings. The number of anilines is 1. The Morgan fingerprint density at radius 2 is 1.94 bits per heavy atom. The molecule has 0 radical (unpaired) electrons. The van der Waals surface area contributed by atoms with Crippen molar-refractivity contribution in [3.63, 3.8) is 0 Å². The van der Waals surface area contributed by atoms with Gasteiger partial charge in [0.25, 0.3) is 0 Å². The lowest BCUT2D eigenvalue weighted by atomic mass is 10.1. The highest BCUT2D eigenvalue weighted by atomic mass is 35.5. The van der Waals surface area contributed by atoms with Crippen LogP contribution in [0.1, 0.15) is 13.8 Å². The Morgan fingerprint density at radius 3 is 2.44 bits per heavy atom. The van der Waals surface area contributed by atoms with Gasteiger partial charge in [0.05, 0.1) is 10.7 Å². The third-order valence-electron chi connectivity index (χ3n) is 2.63. The summed E-state index contributed by atoms with van der Waals surface area (Å²) < 4.78 is 0. The fraction of sp³-hybridized carbons (Fsp3) is 0.500. The van der Waals surface area contributed by atoms with Gasteiger partial charge in [0.1, 0.15) is 0 Å². The number of benzene rings is 1. The fourth-order valence-electron chi connectivity index (χ4n) is 1.55. The number of nitrogens with zero attached hydrogens (tertiary/aromatic N) is 1. The first-order valence-corrected chi connectivity index (χ1v) is 5.96. The molecule has 0 spiro atoms. The molecule has 0 bridgehead atoms. The van der Waals surface area contributed by atoms with Gasteiger partial charge in [-0.15, -0.1) is 0 Å². The summed E-state index contributed by atoms with van der Waals surface area (Å²) in [6.07, 6.45) is 0. The molecule has 2 nitrogen and oxygen atoms in total. The van der Waals surface area contributed by atoms with Crippen LogP contribution < -0.4 is 10.2 Å². The van der Waals surface area contributed by atoms with E-state index < -0.39 is 0 Å². The second kappa shape index (κ2) is 5.26. The first-order chi connectivity index (χ1) is 7.35. The van der Waals surface area contributed by atoms with Crippen molar-refractivity contribution in [1.82, 2.24) is 5.32 Å². The normalized spacial score (nSPS) is 11.6. The van der Waals surface area contributed by atoms with E-state index >= 15 is 0 Å². The zero-order valence-electron chi connectivity index (χ0n) is 10.1. The van der Waals surface area contributed by atoms with Crippen LogP contribution in [-0.2, 0) is 0 Å². The van der Waals surface area contributed by atoms with E-state index in [1.165, 1.54) is 0 Å². The van der Waals surface area contributed by atoms with Gasteiger partial charge in [0, 0.05) is 24.2 Å². The standard InChI is InChI=1S/C12H18Cl2N2/c1-12(2,15-3)8-16(4)11-6-5-9(13)7-10(11)14/h5-7,15H,8H2,1-4H3. The third kappa shape index (κ3) is 3.55. The molecule has 0 atom stereocenters. The summed E-state index contributed by atoms with van der Waals surface area (Å²) in [4.78, 5) is 2.12. The maximum absolute atomic E-state index is 6.15. The van der Waals surface area contributed by atoms with E-state index in [2.05, 4.69) is 24.1 Å². The van der Waals surface area contributed by atoms with E-state index in [0.29, 0.717) is 10.0 Å². The summed E-state index contributed by atoms with van der Waals surface area (Å²) in [6.45, 7) is 5.16. The highest BCUT2D eigenvalue weighted by molar-refractivity contribution is 6.36. The summed E-state index contributed by atoms with van der Waals surface area (Å²) in [5, 5.41) is 4.61. The molecule has 0 heterocycles. The van der Waals surface area contributed by atoms with Crippen molar-refractivity contribution in [3.8, 4) is 0 Å². The molecule has 4 heteroatoms. The molecular weight excluding hydrogens is 243 g/mol. The second-order valence-electron chi connectivity index (χ2n) is 4.59. The molecule has 16 heavy (non-hydrogen) atoms. The van der Waals surface area contributed by atoms with E-state index in [4.69, 9.17) is 23.2 Å². The smallest absolute Gasteiger partial charge is 0.0654 e. The van der Waals surface area contributed by atoms with Crippen molar-refractivity contribution in [3.05, 3.63) is 28.2 Å². The van der Waals surface area contributed by atoms with Gasteiger partial charge < -0.3 is 10.2 Å². The molecule has 1 rings (SSSR count). The summed E-state index contributed by atoms with van der Waals surface area (Å²) >= 11 is 12.0. The highest BCUT2D eigenvalue weighted by Crippen LogP contribution is 2.28. The summed E-state index contributed by atoms with van der Waals surface area (Å²) in [6, 6.07) is 5.56. The number of nitrogens with one attached hydrogen (secondary N) is 1. The Kier molecular flexibility index (Phi) is 4.48. The monoisotopic (exact) mass is 260 g/mol. The Hall–Kier alpha value is -0.440. The van der Waals surface area contributed by atoms with Crippen LogP contribution >= 0.6 is 23.2 Å². The lowest BCUT2D eigenvalue weighted by molar-refractivity contribution is 0.428. The molecule has 0 amide bonds. The van der Waals surface area contributed by atoms with Crippen molar-refractivity contribution in [2.24, 2.45) is 0 Å². The molecular formula is C12H18Cl2N2. The molecule has 0 aliphatic heterocycles. The van der Waals surface area contributed by atoms with Gasteiger partial charge in [-0.1, -0.05) is 23.2 Å². The molecule has 0 aromatic heterocycles. The number of rotatable bonds is 4. The molecule has 0 unspecified atom stereocenters. The number of likely N-dealkylation sites (N-methyl/N-ethyl adjacent to an activating group) is 2. The van der Waals surface area contributed by atoms with E-state index in [0.717, 1.165) is 12.2 Å². The van der Waals surface area contributed by atoms with Crippen LogP contribution in [-0.4, -0.2) is 26.2 Å². The van der Waals surface area contributed by atoms with E-state index in [1.54, 1.807) is 6.07 Å². The zero-order chi connectivity index (χ0) is 12.3. The Bertz CT molecular complexity index is 364. The third-order valence-corrected chi connectivity index (χ3v) is 3.17. The molecule has 1 aromatic carbocycles. The average Bonchev–Trinajstić information content (AvgIpc) is 2.16.